The monoisotopic (exact) mass is 344 g/mol. The van der Waals surface area contributed by atoms with E-state index in [1.165, 1.54) is 23.3 Å². The normalized spacial score (nSPS) is 23.2. The molecule has 4 nitrogen and oxygen atoms in total. The lowest BCUT2D eigenvalue weighted by atomic mass is 9.69. The van der Waals surface area contributed by atoms with Crippen LogP contribution in [0, 0.1) is 11.3 Å². The van der Waals surface area contributed by atoms with Crippen LogP contribution >= 0.6 is 11.3 Å². The van der Waals surface area contributed by atoms with Gasteiger partial charge in [-0.15, -0.1) is 11.3 Å². The minimum Gasteiger partial charge on any atom is -0.465 e. The molecule has 5 heteroatoms. The molecule has 4 rings (SSSR count). The zero-order chi connectivity index (χ0) is 16.9. The number of furan rings is 1. The summed E-state index contributed by atoms with van der Waals surface area (Å²) in [6.07, 6.45) is 5.83. The Hall–Kier alpha value is -1.75. The predicted octanol–water partition coefficient (Wildman–Crippen LogP) is 4.74. The number of thiophene rings is 1. The van der Waals surface area contributed by atoms with E-state index in [1.54, 1.807) is 17.6 Å². The Morgan fingerprint density at radius 2 is 2.21 bits per heavy atom. The Labute approximate surface area is 146 Å². The molecule has 0 unspecified atom stereocenters. The summed E-state index contributed by atoms with van der Waals surface area (Å²) in [4.78, 5) is 14.1. The van der Waals surface area contributed by atoms with E-state index in [0.29, 0.717) is 11.3 Å². The Morgan fingerprint density at radius 1 is 1.38 bits per heavy atom. The smallest absolute Gasteiger partial charge is 0.256 e. The fourth-order valence-electron chi connectivity index (χ4n) is 3.85. The van der Waals surface area contributed by atoms with Gasteiger partial charge in [0.15, 0.2) is 6.17 Å². The molecule has 1 amide bonds. The first-order chi connectivity index (χ1) is 11.5. The molecule has 2 aliphatic rings. The Morgan fingerprint density at radius 3 is 2.92 bits per heavy atom. The second kappa shape index (κ2) is 5.66. The van der Waals surface area contributed by atoms with Crippen molar-refractivity contribution in [2.75, 3.05) is 5.32 Å². The van der Waals surface area contributed by atoms with Gasteiger partial charge in [-0.25, -0.2) is 0 Å². The maximum atomic E-state index is 12.7. The Bertz CT molecular complexity index is 761. The molecule has 0 radical (unpaired) electrons. The lowest BCUT2D eigenvalue weighted by Crippen LogP contribution is -2.38. The van der Waals surface area contributed by atoms with Gasteiger partial charge >= 0.3 is 0 Å². The minimum absolute atomic E-state index is 0.0239. The van der Waals surface area contributed by atoms with Gasteiger partial charge in [-0.1, -0.05) is 27.2 Å². The van der Waals surface area contributed by atoms with Gasteiger partial charge in [0.05, 0.1) is 11.8 Å². The number of nitrogens with one attached hydrogen (secondary N) is 2. The van der Waals surface area contributed by atoms with Gasteiger partial charge in [-0.2, -0.15) is 0 Å². The summed E-state index contributed by atoms with van der Waals surface area (Å²) < 4.78 is 5.44. The van der Waals surface area contributed by atoms with E-state index in [1.807, 2.05) is 12.1 Å². The van der Waals surface area contributed by atoms with Crippen LogP contribution in [0.1, 0.15) is 66.3 Å². The van der Waals surface area contributed by atoms with Crippen LogP contribution in [0.25, 0.3) is 0 Å². The number of fused-ring (bicyclic) bond motifs is 3. The topological polar surface area (TPSA) is 54.3 Å². The first kappa shape index (κ1) is 15.8. The summed E-state index contributed by atoms with van der Waals surface area (Å²) in [5.74, 6) is 1.46. The Kier molecular flexibility index (Phi) is 3.71. The fourth-order valence-corrected chi connectivity index (χ4v) is 5.20. The van der Waals surface area contributed by atoms with Gasteiger partial charge in [0.25, 0.3) is 5.91 Å². The number of carbonyl (C=O) groups is 1. The fraction of sp³-hybridized carbons (Fsp3) is 0.526. The van der Waals surface area contributed by atoms with Crippen LogP contribution < -0.4 is 10.6 Å². The highest BCUT2D eigenvalue weighted by atomic mass is 32.1. The average molecular weight is 344 g/mol. The van der Waals surface area contributed by atoms with E-state index in [9.17, 15) is 4.79 Å². The largest absolute Gasteiger partial charge is 0.465 e. The summed E-state index contributed by atoms with van der Waals surface area (Å²) in [6, 6.07) is 3.73. The first-order valence-corrected chi connectivity index (χ1v) is 9.56. The van der Waals surface area contributed by atoms with E-state index in [2.05, 4.69) is 31.4 Å². The summed E-state index contributed by atoms with van der Waals surface area (Å²) >= 11 is 1.76. The van der Waals surface area contributed by atoms with Crippen LogP contribution in [-0.4, -0.2) is 5.91 Å². The molecular weight excluding hydrogens is 320 g/mol. The van der Waals surface area contributed by atoms with Crippen molar-refractivity contribution in [2.24, 2.45) is 11.3 Å². The van der Waals surface area contributed by atoms with E-state index in [4.69, 9.17) is 4.42 Å². The van der Waals surface area contributed by atoms with E-state index < -0.39 is 0 Å². The number of amides is 1. The third-order valence-corrected chi connectivity index (χ3v) is 7.07. The van der Waals surface area contributed by atoms with Gasteiger partial charge in [-0.05, 0) is 48.3 Å². The van der Waals surface area contributed by atoms with E-state index in [0.717, 1.165) is 29.2 Å². The molecule has 2 aromatic heterocycles. The molecule has 1 aliphatic heterocycles. The molecule has 0 bridgehead atoms. The van der Waals surface area contributed by atoms with Crippen LogP contribution in [0.4, 0.5) is 5.00 Å². The van der Waals surface area contributed by atoms with Crippen molar-refractivity contribution in [3.63, 3.8) is 0 Å². The molecule has 2 aromatic rings. The lowest BCUT2D eigenvalue weighted by Gasteiger charge is -2.36. The predicted molar refractivity (Wildman–Crippen MR) is 96.4 cm³/mol. The maximum Gasteiger partial charge on any atom is 0.256 e. The second-order valence-corrected chi connectivity index (χ2v) is 8.66. The van der Waals surface area contributed by atoms with Gasteiger partial charge in [-0.3, -0.25) is 4.79 Å². The number of carbonyl (C=O) groups excluding carboxylic acids is 1. The van der Waals surface area contributed by atoms with Gasteiger partial charge in [0.2, 0.25) is 0 Å². The van der Waals surface area contributed by atoms with Crippen molar-refractivity contribution < 1.29 is 9.21 Å². The zero-order valence-electron chi connectivity index (χ0n) is 14.4. The average Bonchev–Trinajstić information content (AvgIpc) is 3.21. The summed E-state index contributed by atoms with van der Waals surface area (Å²) in [5.41, 5.74) is 2.49. The van der Waals surface area contributed by atoms with Crippen molar-refractivity contribution in [2.45, 2.75) is 52.6 Å². The van der Waals surface area contributed by atoms with Crippen molar-refractivity contribution in [1.82, 2.24) is 5.32 Å². The minimum atomic E-state index is -0.275. The van der Waals surface area contributed by atoms with Crippen LogP contribution in [0.15, 0.2) is 22.8 Å². The molecule has 2 N–H and O–H groups in total. The summed E-state index contributed by atoms with van der Waals surface area (Å²) in [7, 11) is 0. The molecule has 24 heavy (non-hydrogen) atoms. The van der Waals surface area contributed by atoms with Gasteiger partial charge in [0.1, 0.15) is 10.8 Å². The van der Waals surface area contributed by atoms with E-state index in [-0.39, 0.29) is 12.1 Å². The number of rotatable bonds is 3. The van der Waals surface area contributed by atoms with Gasteiger partial charge in [0, 0.05) is 4.88 Å². The molecule has 0 saturated heterocycles. The highest BCUT2D eigenvalue weighted by Crippen LogP contribution is 2.46. The van der Waals surface area contributed by atoms with Crippen LogP contribution in [0.2, 0.25) is 0 Å². The van der Waals surface area contributed by atoms with Crippen LogP contribution in [-0.2, 0) is 12.8 Å². The van der Waals surface area contributed by atoms with Crippen molar-refractivity contribution in [3.05, 3.63) is 40.2 Å². The van der Waals surface area contributed by atoms with Crippen LogP contribution in [0.5, 0.6) is 0 Å². The van der Waals surface area contributed by atoms with Crippen LogP contribution in [0.3, 0.4) is 0 Å². The number of hydrogen-bond acceptors (Lipinski definition) is 4. The summed E-state index contributed by atoms with van der Waals surface area (Å²) in [5, 5.41) is 7.47. The number of hydrogen-bond donors (Lipinski definition) is 2. The SMILES string of the molecule is CCC(C)(C)[C@H]1CCc2c(sc3c2C(=O)N[C@@H](c2ccco2)N3)C1. The molecule has 1 aliphatic carbocycles. The summed E-state index contributed by atoms with van der Waals surface area (Å²) in [6.45, 7) is 7.01. The molecule has 0 saturated carbocycles. The van der Waals surface area contributed by atoms with Crippen molar-refractivity contribution in [3.8, 4) is 0 Å². The third kappa shape index (κ3) is 2.46. The molecular formula is C19H24N2O2S. The molecule has 3 heterocycles. The molecule has 0 fully saturated rings. The molecule has 2 atom stereocenters. The molecule has 0 aromatic carbocycles. The lowest BCUT2D eigenvalue weighted by molar-refractivity contribution is 0.0930. The van der Waals surface area contributed by atoms with E-state index >= 15 is 0 Å². The first-order valence-electron chi connectivity index (χ1n) is 8.75. The molecule has 0 spiro atoms. The van der Waals surface area contributed by atoms with Gasteiger partial charge < -0.3 is 15.1 Å². The quantitative estimate of drug-likeness (QED) is 0.846. The second-order valence-electron chi connectivity index (χ2n) is 7.56. The third-order valence-electron chi connectivity index (χ3n) is 5.89. The number of anilines is 1. The van der Waals surface area contributed by atoms with Crippen molar-refractivity contribution in [1.29, 1.82) is 0 Å². The maximum absolute atomic E-state index is 12.7. The highest BCUT2D eigenvalue weighted by Gasteiger charge is 2.37. The molecule has 128 valence electrons. The Balaban J connectivity index is 1.64. The standard InChI is InChI=1S/C19H24N2O2S/c1-4-19(2,3)11-7-8-12-14(10-11)24-18-15(12)17(22)20-16(21-18)13-6-5-9-23-13/h5-6,9,11,16,21H,4,7-8,10H2,1-3H3,(H,20,22)/t11-,16+/m0/s1. The highest BCUT2D eigenvalue weighted by molar-refractivity contribution is 7.16. The van der Waals surface area contributed by atoms with Crippen molar-refractivity contribution >= 4 is 22.2 Å². The zero-order valence-corrected chi connectivity index (χ0v) is 15.3.